The summed E-state index contributed by atoms with van der Waals surface area (Å²) in [7, 11) is 0. The van der Waals surface area contributed by atoms with E-state index < -0.39 is 5.60 Å². The highest BCUT2D eigenvalue weighted by Crippen LogP contribution is 2.30. The fourth-order valence-corrected chi connectivity index (χ4v) is 2.77. The molecule has 0 amide bonds. The zero-order valence-corrected chi connectivity index (χ0v) is 11.9. The molecule has 5 nitrogen and oxygen atoms in total. The van der Waals surface area contributed by atoms with Gasteiger partial charge in [0.1, 0.15) is 5.69 Å². The largest absolute Gasteiger partial charge is 0.388 e. The van der Waals surface area contributed by atoms with Gasteiger partial charge >= 0.3 is 0 Å². The van der Waals surface area contributed by atoms with Crippen molar-refractivity contribution in [3.8, 4) is 0 Å². The van der Waals surface area contributed by atoms with Crippen molar-refractivity contribution in [2.75, 3.05) is 11.9 Å². The number of nitro groups is 1. The van der Waals surface area contributed by atoms with Crippen molar-refractivity contribution < 1.29 is 10.0 Å². The summed E-state index contributed by atoms with van der Waals surface area (Å²) in [5.74, 6) is 0. The van der Waals surface area contributed by atoms with Gasteiger partial charge in [-0.1, -0.05) is 31.7 Å². The first kappa shape index (κ1) is 14.8. The Labute approximate surface area is 119 Å². The predicted octanol–water partition coefficient (Wildman–Crippen LogP) is 3.40. The molecule has 0 spiro atoms. The number of aliphatic hydroxyl groups is 1. The van der Waals surface area contributed by atoms with Crippen LogP contribution in [0.4, 0.5) is 11.4 Å². The number of nitrogens with one attached hydrogen (secondary N) is 1. The van der Waals surface area contributed by atoms with Gasteiger partial charge in [-0.2, -0.15) is 0 Å². The SMILES string of the molecule is Cc1ccc([N+](=O)[O-])c(NCC2(O)CCCCCC2)c1. The normalized spacial score (nSPS) is 18.3. The van der Waals surface area contributed by atoms with Crippen LogP contribution in [0.15, 0.2) is 18.2 Å². The molecule has 20 heavy (non-hydrogen) atoms. The molecule has 0 aromatic heterocycles. The number of benzene rings is 1. The molecule has 0 bridgehead atoms. The summed E-state index contributed by atoms with van der Waals surface area (Å²) >= 11 is 0. The predicted molar refractivity (Wildman–Crippen MR) is 79.0 cm³/mol. The minimum Gasteiger partial charge on any atom is -0.388 e. The zero-order valence-electron chi connectivity index (χ0n) is 11.9. The van der Waals surface area contributed by atoms with E-state index in [0.717, 1.165) is 44.1 Å². The molecular weight excluding hydrogens is 256 g/mol. The lowest BCUT2D eigenvalue weighted by molar-refractivity contribution is -0.384. The summed E-state index contributed by atoms with van der Waals surface area (Å²) in [5.41, 5.74) is 0.778. The smallest absolute Gasteiger partial charge is 0.292 e. The molecule has 0 saturated heterocycles. The summed E-state index contributed by atoms with van der Waals surface area (Å²) < 4.78 is 0. The van der Waals surface area contributed by atoms with E-state index in [0.29, 0.717) is 12.2 Å². The van der Waals surface area contributed by atoms with E-state index in [2.05, 4.69) is 5.32 Å². The van der Waals surface area contributed by atoms with E-state index in [1.165, 1.54) is 6.07 Å². The van der Waals surface area contributed by atoms with Crippen LogP contribution in [-0.4, -0.2) is 22.2 Å². The molecule has 2 N–H and O–H groups in total. The lowest BCUT2D eigenvalue weighted by atomic mass is 9.94. The minimum absolute atomic E-state index is 0.0628. The summed E-state index contributed by atoms with van der Waals surface area (Å²) in [4.78, 5) is 10.6. The molecular formula is C15H22N2O3. The Morgan fingerprint density at radius 2 is 1.95 bits per heavy atom. The van der Waals surface area contributed by atoms with Gasteiger partial charge in [-0.25, -0.2) is 0 Å². The second-order valence-electron chi connectivity index (χ2n) is 5.77. The molecule has 2 rings (SSSR count). The maximum Gasteiger partial charge on any atom is 0.292 e. The van der Waals surface area contributed by atoms with Gasteiger partial charge in [0.15, 0.2) is 0 Å². The first-order valence-electron chi connectivity index (χ1n) is 7.21. The molecule has 0 heterocycles. The van der Waals surface area contributed by atoms with E-state index in [1.54, 1.807) is 12.1 Å². The van der Waals surface area contributed by atoms with Gasteiger partial charge in [-0.05, 0) is 31.4 Å². The maximum absolute atomic E-state index is 11.0. The number of aryl methyl sites for hydroxylation is 1. The van der Waals surface area contributed by atoms with Crippen molar-refractivity contribution in [2.45, 2.75) is 51.0 Å². The third-order valence-corrected chi connectivity index (χ3v) is 3.99. The van der Waals surface area contributed by atoms with Crippen LogP contribution in [-0.2, 0) is 0 Å². The summed E-state index contributed by atoms with van der Waals surface area (Å²) in [6.07, 6.45) is 5.89. The molecule has 0 unspecified atom stereocenters. The van der Waals surface area contributed by atoms with Gasteiger partial charge < -0.3 is 10.4 Å². The minimum atomic E-state index is -0.742. The average Bonchev–Trinajstić information content (AvgIpc) is 2.62. The summed E-state index contributed by atoms with van der Waals surface area (Å²) in [6, 6.07) is 5.00. The summed E-state index contributed by atoms with van der Waals surface area (Å²) in [6.45, 7) is 2.27. The van der Waals surface area contributed by atoms with Crippen LogP contribution < -0.4 is 5.32 Å². The van der Waals surface area contributed by atoms with Crippen LogP contribution in [0, 0.1) is 17.0 Å². The van der Waals surface area contributed by atoms with E-state index in [4.69, 9.17) is 0 Å². The zero-order chi connectivity index (χ0) is 14.6. The van der Waals surface area contributed by atoms with Gasteiger partial charge in [0.25, 0.3) is 5.69 Å². The monoisotopic (exact) mass is 278 g/mol. The first-order valence-corrected chi connectivity index (χ1v) is 7.21. The molecule has 1 fully saturated rings. The van der Waals surface area contributed by atoms with Crippen molar-refractivity contribution in [2.24, 2.45) is 0 Å². The number of hydrogen-bond acceptors (Lipinski definition) is 4. The molecule has 1 aliphatic carbocycles. The summed E-state index contributed by atoms with van der Waals surface area (Å²) in [5, 5.41) is 24.7. The van der Waals surface area contributed by atoms with E-state index in [1.807, 2.05) is 6.92 Å². The highest BCUT2D eigenvalue weighted by molar-refractivity contribution is 5.62. The lowest BCUT2D eigenvalue weighted by Gasteiger charge is -2.27. The van der Waals surface area contributed by atoms with Crippen LogP contribution in [0.3, 0.4) is 0 Å². The molecule has 1 aliphatic rings. The Hall–Kier alpha value is -1.62. The topological polar surface area (TPSA) is 75.4 Å². The molecule has 0 radical (unpaired) electrons. The average molecular weight is 278 g/mol. The second kappa shape index (κ2) is 6.22. The van der Waals surface area contributed by atoms with Crippen molar-refractivity contribution >= 4 is 11.4 Å². The Kier molecular flexibility index (Phi) is 4.60. The van der Waals surface area contributed by atoms with Crippen LogP contribution in [0.2, 0.25) is 0 Å². The Balaban J connectivity index is 2.09. The number of nitrogens with zero attached hydrogens (tertiary/aromatic N) is 1. The number of hydrogen-bond donors (Lipinski definition) is 2. The van der Waals surface area contributed by atoms with Gasteiger partial charge in [-0.15, -0.1) is 0 Å². The van der Waals surface area contributed by atoms with Gasteiger partial charge in [-0.3, -0.25) is 10.1 Å². The number of anilines is 1. The number of rotatable bonds is 4. The molecule has 5 heteroatoms. The highest BCUT2D eigenvalue weighted by atomic mass is 16.6. The molecule has 1 aromatic rings. The van der Waals surface area contributed by atoms with Gasteiger partial charge in [0.05, 0.1) is 10.5 Å². The van der Waals surface area contributed by atoms with E-state index >= 15 is 0 Å². The van der Waals surface area contributed by atoms with Crippen LogP contribution in [0.1, 0.15) is 44.1 Å². The number of nitro benzene ring substituents is 1. The van der Waals surface area contributed by atoms with E-state index in [-0.39, 0.29) is 10.6 Å². The van der Waals surface area contributed by atoms with Gasteiger partial charge in [0, 0.05) is 12.6 Å². The fraction of sp³-hybridized carbons (Fsp3) is 0.600. The van der Waals surface area contributed by atoms with Crippen molar-refractivity contribution in [1.29, 1.82) is 0 Å². The quantitative estimate of drug-likeness (QED) is 0.503. The van der Waals surface area contributed by atoms with E-state index in [9.17, 15) is 15.2 Å². The van der Waals surface area contributed by atoms with Crippen molar-refractivity contribution in [3.05, 3.63) is 33.9 Å². The Bertz CT molecular complexity index is 480. The first-order chi connectivity index (χ1) is 9.50. The molecule has 0 aliphatic heterocycles. The Morgan fingerprint density at radius 3 is 2.55 bits per heavy atom. The molecule has 1 aromatic carbocycles. The molecule has 0 atom stereocenters. The molecule has 110 valence electrons. The van der Waals surface area contributed by atoms with Crippen LogP contribution in [0.5, 0.6) is 0 Å². The van der Waals surface area contributed by atoms with Crippen molar-refractivity contribution in [3.63, 3.8) is 0 Å². The molecule has 1 saturated carbocycles. The van der Waals surface area contributed by atoms with Crippen molar-refractivity contribution in [1.82, 2.24) is 0 Å². The standard InChI is InChI=1S/C15H22N2O3/c1-12-6-7-14(17(19)20)13(10-12)16-11-15(18)8-4-2-3-5-9-15/h6-7,10,16,18H,2-5,8-9,11H2,1H3. The van der Waals surface area contributed by atoms with Crippen LogP contribution >= 0.6 is 0 Å². The van der Waals surface area contributed by atoms with Crippen LogP contribution in [0.25, 0.3) is 0 Å². The maximum atomic E-state index is 11.0. The lowest BCUT2D eigenvalue weighted by Crippen LogP contribution is -2.36. The third kappa shape index (κ3) is 3.70. The Morgan fingerprint density at radius 1 is 1.30 bits per heavy atom. The second-order valence-corrected chi connectivity index (χ2v) is 5.77. The third-order valence-electron chi connectivity index (χ3n) is 3.99. The highest BCUT2D eigenvalue weighted by Gasteiger charge is 2.28. The van der Waals surface area contributed by atoms with Gasteiger partial charge in [0.2, 0.25) is 0 Å². The fourth-order valence-electron chi connectivity index (χ4n) is 2.77.